The molecule has 0 bridgehead atoms. The highest BCUT2D eigenvalue weighted by molar-refractivity contribution is 5.89. The third-order valence-corrected chi connectivity index (χ3v) is 4.91. The number of Topliss-reactive ketones (excluding diaryl/α,β-unsaturated/α-hetero) is 2. The van der Waals surface area contributed by atoms with Crippen molar-refractivity contribution in [3.63, 3.8) is 0 Å². The van der Waals surface area contributed by atoms with Gasteiger partial charge in [0.15, 0.2) is 0 Å². The fourth-order valence-corrected chi connectivity index (χ4v) is 3.40. The van der Waals surface area contributed by atoms with E-state index in [9.17, 15) is 9.59 Å². The van der Waals surface area contributed by atoms with Crippen LogP contribution >= 0.6 is 0 Å². The SMILES string of the molecule is CC(C)CCC(CC(=O)C(CCC(C)C)CC(C)C)C(=O)CC(C)C. The minimum Gasteiger partial charge on any atom is -0.299 e. The predicted octanol–water partition coefficient (Wildman–Crippen LogP) is 6.71. The van der Waals surface area contributed by atoms with E-state index in [4.69, 9.17) is 0 Å². The molecule has 0 rings (SSSR count). The number of hydrogen-bond acceptors (Lipinski definition) is 2. The summed E-state index contributed by atoms with van der Waals surface area (Å²) in [5.41, 5.74) is 0. The van der Waals surface area contributed by atoms with Crippen molar-refractivity contribution in [2.24, 2.45) is 35.5 Å². The summed E-state index contributed by atoms with van der Waals surface area (Å²) < 4.78 is 0. The molecule has 0 saturated heterocycles. The number of carbonyl (C=O) groups is 2. The largest absolute Gasteiger partial charge is 0.299 e. The topological polar surface area (TPSA) is 34.1 Å². The van der Waals surface area contributed by atoms with Gasteiger partial charge in [-0.05, 0) is 42.9 Å². The van der Waals surface area contributed by atoms with Crippen molar-refractivity contribution >= 4 is 11.6 Å². The van der Waals surface area contributed by atoms with Gasteiger partial charge in [0.25, 0.3) is 0 Å². The Morgan fingerprint density at radius 3 is 1.36 bits per heavy atom. The van der Waals surface area contributed by atoms with Gasteiger partial charge >= 0.3 is 0 Å². The fourth-order valence-electron chi connectivity index (χ4n) is 3.40. The maximum absolute atomic E-state index is 13.0. The van der Waals surface area contributed by atoms with Crippen LogP contribution in [0.1, 0.15) is 100 Å². The number of ketones is 2. The van der Waals surface area contributed by atoms with Crippen molar-refractivity contribution in [3.05, 3.63) is 0 Å². The van der Waals surface area contributed by atoms with Crippen molar-refractivity contribution in [3.8, 4) is 0 Å². The highest BCUT2D eigenvalue weighted by Crippen LogP contribution is 2.27. The van der Waals surface area contributed by atoms with Gasteiger partial charge in [0.2, 0.25) is 0 Å². The second kappa shape index (κ2) is 12.7. The third-order valence-electron chi connectivity index (χ3n) is 4.91. The first-order valence-corrected chi connectivity index (χ1v) is 10.6. The second-order valence-electron chi connectivity index (χ2n) is 9.70. The van der Waals surface area contributed by atoms with Crippen LogP contribution < -0.4 is 0 Å². The molecule has 0 amide bonds. The average Bonchev–Trinajstić information content (AvgIpc) is 2.45. The number of rotatable bonds is 14. The first-order valence-electron chi connectivity index (χ1n) is 10.6. The molecule has 148 valence electrons. The average molecular weight is 353 g/mol. The van der Waals surface area contributed by atoms with Crippen molar-refractivity contribution in [1.29, 1.82) is 0 Å². The molecule has 0 aliphatic heterocycles. The summed E-state index contributed by atoms with van der Waals surface area (Å²) in [7, 11) is 0. The Labute approximate surface area is 157 Å². The second-order valence-corrected chi connectivity index (χ2v) is 9.70. The lowest BCUT2D eigenvalue weighted by atomic mass is 9.80. The lowest BCUT2D eigenvalue weighted by molar-refractivity contribution is -0.131. The van der Waals surface area contributed by atoms with Gasteiger partial charge in [-0.3, -0.25) is 9.59 Å². The summed E-state index contributed by atoms with van der Waals surface area (Å²) in [6, 6.07) is 0. The zero-order valence-corrected chi connectivity index (χ0v) is 18.2. The molecule has 0 aliphatic carbocycles. The van der Waals surface area contributed by atoms with E-state index in [1.165, 1.54) is 0 Å². The van der Waals surface area contributed by atoms with Gasteiger partial charge in [-0.25, -0.2) is 0 Å². The third kappa shape index (κ3) is 12.3. The lowest BCUT2D eigenvalue weighted by Crippen LogP contribution is -2.25. The molecular formula is C23H44O2. The molecule has 2 atom stereocenters. The Kier molecular flexibility index (Phi) is 12.3. The Morgan fingerprint density at radius 1 is 0.520 bits per heavy atom. The summed E-state index contributed by atoms with van der Waals surface area (Å²) in [5.74, 6) is 2.81. The molecule has 0 N–H and O–H groups in total. The first-order chi connectivity index (χ1) is 11.5. The van der Waals surface area contributed by atoms with Crippen molar-refractivity contribution in [2.45, 2.75) is 100 Å². The van der Waals surface area contributed by atoms with Crippen LogP contribution in [-0.2, 0) is 9.59 Å². The number of carbonyl (C=O) groups excluding carboxylic acids is 2. The summed E-state index contributed by atoms with van der Waals surface area (Å²) >= 11 is 0. The van der Waals surface area contributed by atoms with Gasteiger partial charge in [0.05, 0.1) is 0 Å². The molecule has 0 aromatic carbocycles. The molecule has 0 radical (unpaired) electrons. The van der Waals surface area contributed by atoms with Crippen molar-refractivity contribution < 1.29 is 9.59 Å². The van der Waals surface area contributed by atoms with Crippen molar-refractivity contribution in [1.82, 2.24) is 0 Å². The number of hydrogen-bond donors (Lipinski definition) is 0. The Bertz CT molecular complexity index is 380. The van der Waals surface area contributed by atoms with E-state index in [2.05, 4.69) is 55.4 Å². The van der Waals surface area contributed by atoms with E-state index >= 15 is 0 Å². The normalized spacial score (nSPS) is 14.6. The molecule has 0 aromatic rings. The molecule has 0 aromatic heterocycles. The Balaban J connectivity index is 4.97. The van der Waals surface area contributed by atoms with E-state index in [1.54, 1.807) is 0 Å². The summed E-state index contributed by atoms with van der Waals surface area (Å²) in [6.45, 7) is 17.4. The Morgan fingerprint density at radius 2 is 0.960 bits per heavy atom. The van der Waals surface area contributed by atoms with Crippen LogP contribution in [0.3, 0.4) is 0 Å². The fraction of sp³-hybridized carbons (Fsp3) is 0.913. The summed E-state index contributed by atoms with van der Waals surface area (Å²) in [6.07, 6.45) is 6.01. The molecule has 0 saturated carbocycles. The predicted molar refractivity (Wildman–Crippen MR) is 109 cm³/mol. The molecule has 0 spiro atoms. The van der Waals surface area contributed by atoms with Gasteiger partial charge in [-0.15, -0.1) is 0 Å². The van der Waals surface area contributed by atoms with E-state index < -0.39 is 0 Å². The van der Waals surface area contributed by atoms with E-state index in [0.717, 1.165) is 32.1 Å². The highest BCUT2D eigenvalue weighted by Gasteiger charge is 2.27. The molecule has 2 heteroatoms. The summed E-state index contributed by atoms with van der Waals surface area (Å²) in [4.78, 5) is 25.6. The van der Waals surface area contributed by atoms with Crippen LogP contribution in [0.5, 0.6) is 0 Å². The maximum Gasteiger partial charge on any atom is 0.136 e. The summed E-state index contributed by atoms with van der Waals surface area (Å²) in [5, 5.41) is 0. The smallest absolute Gasteiger partial charge is 0.136 e. The molecule has 2 unspecified atom stereocenters. The van der Waals surface area contributed by atoms with Crippen LogP contribution in [0.2, 0.25) is 0 Å². The minimum atomic E-state index is -0.0639. The van der Waals surface area contributed by atoms with Crippen LogP contribution in [0.25, 0.3) is 0 Å². The lowest BCUT2D eigenvalue weighted by Gasteiger charge is -2.23. The monoisotopic (exact) mass is 352 g/mol. The zero-order valence-electron chi connectivity index (χ0n) is 18.2. The maximum atomic E-state index is 13.0. The molecule has 0 heterocycles. The van der Waals surface area contributed by atoms with Crippen LogP contribution in [0.4, 0.5) is 0 Å². The highest BCUT2D eigenvalue weighted by atomic mass is 16.1. The van der Waals surface area contributed by atoms with E-state index in [0.29, 0.717) is 48.1 Å². The molecular weight excluding hydrogens is 308 g/mol. The quantitative estimate of drug-likeness (QED) is 0.348. The van der Waals surface area contributed by atoms with E-state index in [1.807, 2.05) is 0 Å². The van der Waals surface area contributed by atoms with Gasteiger partial charge in [0.1, 0.15) is 11.6 Å². The zero-order chi connectivity index (χ0) is 19.6. The molecule has 0 fully saturated rings. The molecule has 0 aliphatic rings. The molecule has 2 nitrogen and oxygen atoms in total. The standard InChI is InChI=1S/C23H44O2/c1-16(2)9-11-20(13-18(5)6)23(25)15-21(12-10-17(3)4)22(24)14-19(7)8/h16-21H,9-15H2,1-8H3. The first kappa shape index (κ1) is 24.3. The van der Waals surface area contributed by atoms with Crippen LogP contribution in [0.15, 0.2) is 0 Å². The van der Waals surface area contributed by atoms with Gasteiger partial charge in [-0.1, -0.05) is 68.2 Å². The van der Waals surface area contributed by atoms with Crippen LogP contribution in [0, 0.1) is 35.5 Å². The van der Waals surface area contributed by atoms with Gasteiger partial charge in [0, 0.05) is 24.7 Å². The minimum absolute atomic E-state index is 0.0639. The van der Waals surface area contributed by atoms with E-state index in [-0.39, 0.29) is 11.8 Å². The Hall–Kier alpha value is -0.660. The molecule has 25 heavy (non-hydrogen) atoms. The van der Waals surface area contributed by atoms with Crippen LogP contribution in [-0.4, -0.2) is 11.6 Å². The van der Waals surface area contributed by atoms with Gasteiger partial charge in [-0.2, -0.15) is 0 Å². The van der Waals surface area contributed by atoms with Gasteiger partial charge < -0.3 is 0 Å². The van der Waals surface area contributed by atoms with Crippen molar-refractivity contribution in [2.75, 3.05) is 0 Å².